The van der Waals surface area contributed by atoms with Crippen LogP contribution in [-0.4, -0.2) is 20.2 Å². The van der Waals surface area contributed by atoms with Gasteiger partial charge in [0.1, 0.15) is 0 Å². The number of tetrazole rings is 1. The molecule has 3 aromatic rings. The van der Waals surface area contributed by atoms with Crippen molar-refractivity contribution in [2.75, 3.05) is 0 Å². The molecule has 4 heteroatoms. The highest BCUT2D eigenvalue weighted by Crippen LogP contribution is 2.26. The number of nitrogens with zero attached hydrogens (tertiary/aromatic N) is 4. The van der Waals surface area contributed by atoms with Crippen molar-refractivity contribution < 1.29 is 0 Å². The summed E-state index contributed by atoms with van der Waals surface area (Å²) in [5, 5.41) is 12.2. The van der Waals surface area contributed by atoms with E-state index in [4.69, 9.17) is 0 Å². The predicted octanol–water partition coefficient (Wildman–Crippen LogP) is 3.51. The van der Waals surface area contributed by atoms with Gasteiger partial charge < -0.3 is 0 Å². The van der Waals surface area contributed by atoms with Crippen LogP contribution in [0, 0.1) is 0 Å². The summed E-state index contributed by atoms with van der Waals surface area (Å²) in [6.45, 7) is 3.86. The zero-order valence-corrected chi connectivity index (χ0v) is 11.6. The molecule has 1 heterocycles. The lowest BCUT2D eigenvalue weighted by Gasteiger charge is -2.17. The number of allylic oxidation sites excluding steroid dienone is 1. The first-order chi connectivity index (χ1) is 10.4. The van der Waals surface area contributed by atoms with E-state index in [1.807, 2.05) is 59.3 Å². The average Bonchev–Trinajstić information content (AvgIpc) is 3.03. The van der Waals surface area contributed by atoms with Crippen LogP contribution >= 0.6 is 0 Å². The maximum absolute atomic E-state index is 4.20. The van der Waals surface area contributed by atoms with Gasteiger partial charge in [0.15, 0.2) is 5.82 Å². The van der Waals surface area contributed by atoms with Crippen molar-refractivity contribution in [3.8, 4) is 11.4 Å². The first kappa shape index (κ1) is 13.2. The van der Waals surface area contributed by atoms with E-state index in [0.29, 0.717) is 0 Å². The van der Waals surface area contributed by atoms with Gasteiger partial charge in [-0.1, -0.05) is 66.7 Å². The molecule has 2 aromatic carbocycles. The highest BCUT2D eigenvalue weighted by atomic mass is 15.5. The summed E-state index contributed by atoms with van der Waals surface area (Å²) in [5.74, 6) is 0.770. The second-order valence-electron chi connectivity index (χ2n) is 4.76. The molecule has 21 heavy (non-hydrogen) atoms. The van der Waals surface area contributed by atoms with Crippen molar-refractivity contribution in [3.05, 3.63) is 78.9 Å². The number of rotatable bonds is 5. The largest absolute Gasteiger partial charge is 0.217 e. The Kier molecular flexibility index (Phi) is 3.87. The molecule has 1 unspecified atom stereocenters. The van der Waals surface area contributed by atoms with Gasteiger partial charge in [0.2, 0.25) is 0 Å². The molecule has 1 aromatic heterocycles. The van der Waals surface area contributed by atoms with E-state index in [2.05, 4.69) is 34.2 Å². The minimum atomic E-state index is 0.0499. The Morgan fingerprint density at radius 2 is 1.67 bits per heavy atom. The molecule has 0 spiro atoms. The Hall–Kier alpha value is -2.75. The first-order valence-corrected chi connectivity index (χ1v) is 6.89. The van der Waals surface area contributed by atoms with Crippen molar-refractivity contribution in [1.29, 1.82) is 0 Å². The third-order valence-corrected chi connectivity index (χ3v) is 3.39. The molecule has 4 nitrogen and oxygen atoms in total. The number of hydrogen-bond acceptors (Lipinski definition) is 3. The van der Waals surface area contributed by atoms with E-state index in [-0.39, 0.29) is 6.04 Å². The van der Waals surface area contributed by atoms with Gasteiger partial charge in [0, 0.05) is 5.56 Å². The fraction of sp³-hybridized carbons (Fsp3) is 0.118. The van der Waals surface area contributed by atoms with E-state index in [0.717, 1.165) is 17.8 Å². The maximum Gasteiger partial charge on any atom is 0.182 e. The highest BCUT2D eigenvalue weighted by Gasteiger charge is 2.18. The summed E-state index contributed by atoms with van der Waals surface area (Å²) in [6, 6.07) is 20.3. The van der Waals surface area contributed by atoms with Crippen molar-refractivity contribution >= 4 is 0 Å². The van der Waals surface area contributed by atoms with Crippen LogP contribution in [0.2, 0.25) is 0 Å². The van der Waals surface area contributed by atoms with Gasteiger partial charge in [-0.15, -0.1) is 11.7 Å². The molecule has 0 amide bonds. The van der Waals surface area contributed by atoms with Crippen LogP contribution in [0.3, 0.4) is 0 Å². The van der Waals surface area contributed by atoms with Crippen molar-refractivity contribution in [1.82, 2.24) is 20.2 Å². The van der Waals surface area contributed by atoms with Gasteiger partial charge >= 0.3 is 0 Å². The SMILES string of the molecule is C=CCC(c1ccccc1)n1nnnc1-c1ccccc1. The smallest absolute Gasteiger partial charge is 0.182 e. The monoisotopic (exact) mass is 276 g/mol. The van der Waals surface area contributed by atoms with Crippen molar-refractivity contribution in [2.45, 2.75) is 12.5 Å². The molecule has 104 valence electrons. The van der Waals surface area contributed by atoms with Gasteiger partial charge in [0.05, 0.1) is 6.04 Å². The van der Waals surface area contributed by atoms with E-state index in [1.54, 1.807) is 0 Å². The van der Waals surface area contributed by atoms with Gasteiger partial charge in [-0.2, -0.15) is 0 Å². The third-order valence-electron chi connectivity index (χ3n) is 3.39. The molecule has 0 saturated heterocycles. The van der Waals surface area contributed by atoms with Crippen LogP contribution in [0.15, 0.2) is 73.3 Å². The second-order valence-corrected chi connectivity index (χ2v) is 4.76. The van der Waals surface area contributed by atoms with Gasteiger partial charge in [0.25, 0.3) is 0 Å². The van der Waals surface area contributed by atoms with Crippen LogP contribution in [0.4, 0.5) is 0 Å². The van der Waals surface area contributed by atoms with E-state index < -0.39 is 0 Å². The molecule has 3 rings (SSSR count). The standard InChI is InChI=1S/C17H16N4/c1-2-9-16(14-10-5-3-6-11-14)21-17(18-19-20-21)15-12-7-4-8-13-15/h2-8,10-13,16H,1,9H2. The number of hydrogen-bond donors (Lipinski definition) is 0. The fourth-order valence-electron chi connectivity index (χ4n) is 2.39. The lowest BCUT2D eigenvalue weighted by molar-refractivity contribution is 0.516. The molecule has 0 aliphatic carbocycles. The van der Waals surface area contributed by atoms with E-state index in [9.17, 15) is 0 Å². The topological polar surface area (TPSA) is 43.6 Å². The molecule has 0 fully saturated rings. The second kappa shape index (κ2) is 6.13. The Morgan fingerprint density at radius 3 is 2.33 bits per heavy atom. The minimum absolute atomic E-state index is 0.0499. The van der Waals surface area contributed by atoms with Crippen LogP contribution in [0.1, 0.15) is 18.0 Å². The molecule has 0 radical (unpaired) electrons. The Balaban J connectivity index is 2.06. The molecular formula is C17H16N4. The van der Waals surface area contributed by atoms with Gasteiger partial charge in [-0.05, 0) is 22.4 Å². The van der Waals surface area contributed by atoms with Crippen LogP contribution in [-0.2, 0) is 0 Å². The molecule has 0 saturated carbocycles. The predicted molar refractivity (Wildman–Crippen MR) is 82.6 cm³/mol. The van der Waals surface area contributed by atoms with Crippen molar-refractivity contribution in [3.63, 3.8) is 0 Å². The normalized spacial score (nSPS) is 12.0. The summed E-state index contributed by atoms with van der Waals surface area (Å²) >= 11 is 0. The number of benzene rings is 2. The van der Waals surface area contributed by atoms with Gasteiger partial charge in [-0.25, -0.2) is 4.68 Å². The Morgan fingerprint density at radius 1 is 1.00 bits per heavy atom. The van der Waals surface area contributed by atoms with Crippen molar-refractivity contribution in [2.24, 2.45) is 0 Å². The van der Waals surface area contributed by atoms with Crippen LogP contribution in [0.5, 0.6) is 0 Å². The first-order valence-electron chi connectivity index (χ1n) is 6.89. The van der Waals surface area contributed by atoms with Crippen LogP contribution in [0.25, 0.3) is 11.4 Å². The quantitative estimate of drug-likeness (QED) is 0.670. The minimum Gasteiger partial charge on any atom is -0.217 e. The average molecular weight is 276 g/mol. The highest BCUT2D eigenvalue weighted by molar-refractivity contribution is 5.54. The fourth-order valence-corrected chi connectivity index (χ4v) is 2.39. The molecule has 1 atom stereocenters. The zero-order valence-electron chi connectivity index (χ0n) is 11.6. The molecule has 0 bridgehead atoms. The number of aromatic nitrogens is 4. The summed E-state index contributed by atoms with van der Waals surface area (Å²) in [4.78, 5) is 0. The maximum atomic E-state index is 4.20. The Labute approximate surface area is 123 Å². The molecular weight excluding hydrogens is 260 g/mol. The van der Waals surface area contributed by atoms with E-state index >= 15 is 0 Å². The van der Waals surface area contributed by atoms with Gasteiger partial charge in [-0.3, -0.25) is 0 Å². The molecule has 0 aliphatic heterocycles. The summed E-state index contributed by atoms with van der Waals surface area (Å²) in [7, 11) is 0. The lowest BCUT2D eigenvalue weighted by Crippen LogP contribution is -2.13. The summed E-state index contributed by atoms with van der Waals surface area (Å²) in [6.07, 6.45) is 2.67. The summed E-state index contributed by atoms with van der Waals surface area (Å²) < 4.78 is 1.87. The lowest BCUT2D eigenvalue weighted by atomic mass is 10.0. The molecule has 0 aliphatic rings. The summed E-state index contributed by atoms with van der Waals surface area (Å²) in [5.41, 5.74) is 2.18. The van der Waals surface area contributed by atoms with E-state index in [1.165, 1.54) is 5.56 Å². The molecule has 0 N–H and O–H groups in total. The van der Waals surface area contributed by atoms with Crippen LogP contribution < -0.4 is 0 Å². The third kappa shape index (κ3) is 2.74. The Bertz CT molecular complexity index is 704. The zero-order chi connectivity index (χ0) is 14.5.